The Morgan fingerprint density at radius 1 is 1.24 bits per heavy atom. The molecule has 0 fully saturated rings. The van der Waals surface area contributed by atoms with Gasteiger partial charge in [0.25, 0.3) is 5.91 Å². The molecule has 0 saturated carbocycles. The number of methoxy groups -OCH3 is 1. The number of halogens is 1. The fraction of sp³-hybridized carbons (Fsp3) is 0.0667. The van der Waals surface area contributed by atoms with E-state index in [1.807, 2.05) is 0 Å². The molecule has 3 N–H and O–H groups in total. The SMILES string of the molecule is COc1ccccc1C(=O)Nc1cccc(F)c1C(N)=S. The number of hydrogen-bond donors (Lipinski definition) is 2. The van der Waals surface area contributed by atoms with Gasteiger partial charge in [0.15, 0.2) is 0 Å². The third-order valence-electron chi connectivity index (χ3n) is 2.86. The van der Waals surface area contributed by atoms with E-state index in [1.165, 1.54) is 25.3 Å². The first-order valence-corrected chi connectivity index (χ1v) is 6.48. The number of rotatable bonds is 4. The third kappa shape index (κ3) is 3.17. The summed E-state index contributed by atoms with van der Waals surface area (Å²) in [4.78, 5) is 12.2. The van der Waals surface area contributed by atoms with Crippen LogP contribution in [0.1, 0.15) is 15.9 Å². The van der Waals surface area contributed by atoms with Crippen molar-refractivity contribution in [3.05, 3.63) is 59.4 Å². The minimum absolute atomic E-state index is 0.00995. The molecule has 2 aromatic rings. The Kier molecular flexibility index (Phi) is 4.49. The van der Waals surface area contributed by atoms with Gasteiger partial charge in [-0.1, -0.05) is 30.4 Å². The van der Waals surface area contributed by atoms with Crippen molar-refractivity contribution in [2.75, 3.05) is 12.4 Å². The number of para-hydroxylation sites is 1. The molecule has 0 unspecified atom stereocenters. The van der Waals surface area contributed by atoms with Crippen molar-refractivity contribution >= 4 is 28.8 Å². The molecule has 1 amide bonds. The van der Waals surface area contributed by atoms with Crippen LogP contribution in [0.2, 0.25) is 0 Å². The number of carbonyl (C=O) groups excluding carboxylic acids is 1. The highest BCUT2D eigenvalue weighted by Crippen LogP contribution is 2.22. The zero-order chi connectivity index (χ0) is 15.4. The van der Waals surface area contributed by atoms with Gasteiger partial charge >= 0.3 is 0 Å². The maximum atomic E-state index is 13.8. The molecule has 0 saturated heterocycles. The van der Waals surface area contributed by atoms with Crippen LogP contribution in [0, 0.1) is 5.82 Å². The zero-order valence-electron chi connectivity index (χ0n) is 11.2. The normalized spacial score (nSPS) is 10.0. The predicted molar refractivity (Wildman–Crippen MR) is 83.2 cm³/mol. The molecule has 108 valence electrons. The van der Waals surface area contributed by atoms with Crippen molar-refractivity contribution < 1.29 is 13.9 Å². The number of amides is 1. The van der Waals surface area contributed by atoms with Gasteiger partial charge in [-0.2, -0.15) is 0 Å². The topological polar surface area (TPSA) is 64.3 Å². The fourth-order valence-corrected chi connectivity index (χ4v) is 2.11. The van der Waals surface area contributed by atoms with Crippen LogP contribution >= 0.6 is 12.2 Å². The molecular formula is C15H13FN2O2S. The van der Waals surface area contributed by atoms with Crippen molar-refractivity contribution in [2.24, 2.45) is 5.73 Å². The number of ether oxygens (including phenoxy) is 1. The van der Waals surface area contributed by atoms with Gasteiger partial charge in [0.2, 0.25) is 0 Å². The summed E-state index contributed by atoms with van der Waals surface area (Å²) in [5.41, 5.74) is 6.06. The van der Waals surface area contributed by atoms with Gasteiger partial charge in [0, 0.05) is 0 Å². The molecular weight excluding hydrogens is 291 g/mol. The average Bonchev–Trinajstić information content (AvgIpc) is 2.46. The Balaban J connectivity index is 2.37. The Morgan fingerprint density at radius 2 is 1.95 bits per heavy atom. The van der Waals surface area contributed by atoms with E-state index in [0.717, 1.165) is 0 Å². The van der Waals surface area contributed by atoms with Gasteiger partial charge < -0.3 is 15.8 Å². The molecule has 6 heteroatoms. The Hall–Kier alpha value is -2.47. The minimum atomic E-state index is -0.583. The lowest BCUT2D eigenvalue weighted by atomic mass is 10.1. The molecule has 0 aromatic heterocycles. The zero-order valence-corrected chi connectivity index (χ0v) is 12.0. The summed E-state index contributed by atoms with van der Waals surface area (Å²) in [6, 6.07) is 11.0. The number of nitrogens with one attached hydrogen (secondary N) is 1. The van der Waals surface area contributed by atoms with Crippen LogP contribution in [0.25, 0.3) is 0 Å². The van der Waals surface area contributed by atoms with Crippen LogP contribution in [0.15, 0.2) is 42.5 Å². The summed E-state index contributed by atoms with van der Waals surface area (Å²) in [7, 11) is 1.47. The molecule has 0 radical (unpaired) electrons. The second kappa shape index (κ2) is 6.32. The predicted octanol–water partition coefficient (Wildman–Crippen LogP) is 2.72. The number of nitrogens with two attached hydrogens (primary N) is 1. The van der Waals surface area contributed by atoms with E-state index in [4.69, 9.17) is 22.7 Å². The van der Waals surface area contributed by atoms with Crippen molar-refractivity contribution in [3.63, 3.8) is 0 Å². The molecule has 0 atom stereocenters. The van der Waals surface area contributed by atoms with Crippen LogP contribution in [0.3, 0.4) is 0 Å². The van der Waals surface area contributed by atoms with E-state index in [2.05, 4.69) is 5.32 Å². The summed E-state index contributed by atoms with van der Waals surface area (Å²) < 4.78 is 18.9. The molecule has 0 heterocycles. The highest BCUT2D eigenvalue weighted by Gasteiger charge is 2.16. The average molecular weight is 304 g/mol. The van der Waals surface area contributed by atoms with Crippen LogP contribution < -0.4 is 15.8 Å². The van der Waals surface area contributed by atoms with Gasteiger partial charge in [0.05, 0.1) is 23.9 Å². The Bertz CT molecular complexity index is 704. The molecule has 0 aliphatic heterocycles. The third-order valence-corrected chi connectivity index (χ3v) is 3.06. The molecule has 2 rings (SSSR count). The summed E-state index contributed by atoms with van der Waals surface area (Å²) in [6.45, 7) is 0. The number of benzene rings is 2. The van der Waals surface area contributed by atoms with E-state index in [0.29, 0.717) is 11.3 Å². The standard InChI is InChI=1S/C15H13FN2O2S/c1-20-12-8-3-2-5-9(12)15(19)18-11-7-4-6-10(16)13(11)14(17)21/h2-8H,1H3,(H2,17,21)(H,18,19). The lowest BCUT2D eigenvalue weighted by molar-refractivity contribution is 0.102. The molecule has 2 aromatic carbocycles. The summed E-state index contributed by atoms with van der Waals surface area (Å²) in [6.07, 6.45) is 0. The van der Waals surface area contributed by atoms with Gasteiger partial charge in [-0.05, 0) is 24.3 Å². The highest BCUT2D eigenvalue weighted by atomic mass is 32.1. The smallest absolute Gasteiger partial charge is 0.259 e. The van der Waals surface area contributed by atoms with Gasteiger partial charge in [-0.3, -0.25) is 4.79 Å². The maximum Gasteiger partial charge on any atom is 0.259 e. The Labute approximate surface area is 126 Å². The number of anilines is 1. The number of thiocarbonyl (C=S) groups is 1. The fourth-order valence-electron chi connectivity index (χ4n) is 1.90. The first kappa shape index (κ1) is 14.9. The van der Waals surface area contributed by atoms with Crippen LogP contribution in [-0.2, 0) is 0 Å². The highest BCUT2D eigenvalue weighted by molar-refractivity contribution is 7.80. The van der Waals surface area contributed by atoms with Gasteiger partial charge in [-0.15, -0.1) is 0 Å². The van der Waals surface area contributed by atoms with Crippen molar-refractivity contribution in [1.29, 1.82) is 0 Å². The van der Waals surface area contributed by atoms with E-state index in [-0.39, 0.29) is 16.2 Å². The second-order valence-electron chi connectivity index (χ2n) is 4.18. The summed E-state index contributed by atoms with van der Waals surface area (Å²) >= 11 is 4.82. The lowest BCUT2D eigenvalue weighted by Crippen LogP contribution is -2.19. The van der Waals surface area contributed by atoms with Crippen LogP contribution in [-0.4, -0.2) is 18.0 Å². The summed E-state index contributed by atoms with van der Waals surface area (Å²) in [5, 5.41) is 2.60. The molecule has 21 heavy (non-hydrogen) atoms. The van der Waals surface area contributed by atoms with E-state index in [1.54, 1.807) is 24.3 Å². The van der Waals surface area contributed by atoms with Crippen molar-refractivity contribution in [1.82, 2.24) is 0 Å². The van der Waals surface area contributed by atoms with Crippen LogP contribution in [0.5, 0.6) is 5.75 Å². The largest absolute Gasteiger partial charge is 0.496 e. The van der Waals surface area contributed by atoms with Crippen molar-refractivity contribution in [2.45, 2.75) is 0 Å². The number of carbonyl (C=O) groups is 1. The lowest BCUT2D eigenvalue weighted by Gasteiger charge is -2.12. The molecule has 0 bridgehead atoms. The van der Waals surface area contributed by atoms with Crippen LogP contribution in [0.4, 0.5) is 10.1 Å². The van der Waals surface area contributed by atoms with E-state index in [9.17, 15) is 9.18 Å². The molecule has 0 aliphatic carbocycles. The monoisotopic (exact) mass is 304 g/mol. The van der Waals surface area contributed by atoms with Crippen molar-refractivity contribution in [3.8, 4) is 5.75 Å². The molecule has 4 nitrogen and oxygen atoms in total. The minimum Gasteiger partial charge on any atom is -0.496 e. The Morgan fingerprint density at radius 3 is 2.62 bits per heavy atom. The van der Waals surface area contributed by atoms with E-state index >= 15 is 0 Å². The maximum absolute atomic E-state index is 13.8. The first-order valence-electron chi connectivity index (χ1n) is 6.07. The summed E-state index contributed by atoms with van der Waals surface area (Å²) in [5.74, 6) is -0.598. The quantitative estimate of drug-likeness (QED) is 0.853. The van der Waals surface area contributed by atoms with Gasteiger partial charge in [-0.25, -0.2) is 4.39 Å². The van der Waals surface area contributed by atoms with Gasteiger partial charge in [0.1, 0.15) is 16.6 Å². The second-order valence-corrected chi connectivity index (χ2v) is 4.62. The molecule has 0 aliphatic rings. The first-order chi connectivity index (χ1) is 10.0. The molecule has 0 spiro atoms. The van der Waals surface area contributed by atoms with E-state index < -0.39 is 11.7 Å². The number of hydrogen-bond acceptors (Lipinski definition) is 3.